The lowest BCUT2D eigenvalue weighted by Crippen LogP contribution is -2.39. The van der Waals surface area contributed by atoms with Crippen molar-refractivity contribution < 1.29 is 9.21 Å². The molecule has 0 radical (unpaired) electrons. The minimum Gasteiger partial charge on any atom is -0.451 e. The van der Waals surface area contributed by atoms with Crippen LogP contribution in [0.2, 0.25) is 0 Å². The molecule has 2 aromatic rings. The highest BCUT2D eigenvalue weighted by molar-refractivity contribution is 9.10. The van der Waals surface area contributed by atoms with E-state index in [9.17, 15) is 4.79 Å². The fourth-order valence-corrected chi connectivity index (χ4v) is 3.25. The van der Waals surface area contributed by atoms with Crippen LogP contribution in [0.3, 0.4) is 0 Å². The summed E-state index contributed by atoms with van der Waals surface area (Å²) in [5.41, 5.74) is 6.46. The van der Waals surface area contributed by atoms with Crippen LogP contribution < -0.4 is 11.1 Å². The van der Waals surface area contributed by atoms with Crippen molar-refractivity contribution in [1.29, 1.82) is 0 Å². The summed E-state index contributed by atoms with van der Waals surface area (Å²) in [6.45, 7) is 0.623. The smallest absolute Gasteiger partial charge is 0.287 e. The van der Waals surface area contributed by atoms with Gasteiger partial charge in [0.15, 0.2) is 5.76 Å². The molecule has 20 heavy (non-hydrogen) atoms. The van der Waals surface area contributed by atoms with Gasteiger partial charge >= 0.3 is 0 Å². The Kier molecular flexibility index (Phi) is 3.81. The molecule has 1 aromatic heterocycles. The van der Waals surface area contributed by atoms with Crippen molar-refractivity contribution in [2.75, 3.05) is 6.54 Å². The van der Waals surface area contributed by atoms with Crippen molar-refractivity contribution in [3.8, 4) is 0 Å². The summed E-state index contributed by atoms with van der Waals surface area (Å²) in [6, 6.07) is 7.64. The number of carbonyl (C=O) groups excluding carboxylic acids is 1. The van der Waals surface area contributed by atoms with Crippen molar-refractivity contribution in [1.82, 2.24) is 5.32 Å². The van der Waals surface area contributed by atoms with Crippen LogP contribution in [0, 0.1) is 5.92 Å². The second kappa shape index (κ2) is 5.58. The maximum Gasteiger partial charge on any atom is 0.287 e. The topological polar surface area (TPSA) is 68.3 Å². The molecule has 3 rings (SSSR count). The van der Waals surface area contributed by atoms with Crippen LogP contribution in [0.25, 0.3) is 11.0 Å². The standard InChI is InChI=1S/C15H17BrN2O2/c16-11-4-5-13-10(6-11)7-14(20-13)15(19)18-12-3-1-2-9(12)8-17/h4-7,9,12H,1-3,8,17H2,(H,18,19). The molecule has 106 valence electrons. The Labute approximate surface area is 125 Å². The molecule has 0 spiro atoms. The third-order valence-corrected chi connectivity index (χ3v) is 4.47. The third kappa shape index (κ3) is 2.60. The average molecular weight is 337 g/mol. The fraction of sp³-hybridized carbons (Fsp3) is 0.400. The first kappa shape index (κ1) is 13.6. The lowest BCUT2D eigenvalue weighted by molar-refractivity contribution is 0.0903. The summed E-state index contributed by atoms with van der Waals surface area (Å²) in [6.07, 6.45) is 3.22. The Morgan fingerprint density at radius 2 is 2.25 bits per heavy atom. The Hall–Kier alpha value is -1.33. The zero-order valence-electron chi connectivity index (χ0n) is 11.1. The molecule has 1 amide bonds. The molecule has 2 atom stereocenters. The lowest BCUT2D eigenvalue weighted by atomic mass is 10.0. The molecule has 1 heterocycles. The van der Waals surface area contributed by atoms with Gasteiger partial charge in [0, 0.05) is 15.9 Å². The molecule has 0 bridgehead atoms. The number of nitrogens with two attached hydrogens (primary N) is 1. The lowest BCUT2D eigenvalue weighted by Gasteiger charge is -2.18. The molecule has 1 saturated carbocycles. The van der Waals surface area contributed by atoms with Crippen LogP contribution >= 0.6 is 15.9 Å². The quantitative estimate of drug-likeness (QED) is 0.905. The van der Waals surface area contributed by atoms with Crippen molar-refractivity contribution in [3.63, 3.8) is 0 Å². The second-order valence-corrected chi connectivity index (χ2v) is 6.22. The van der Waals surface area contributed by atoms with Gasteiger partial charge in [-0.1, -0.05) is 22.4 Å². The predicted molar refractivity (Wildman–Crippen MR) is 81.6 cm³/mol. The molecule has 1 aliphatic carbocycles. The summed E-state index contributed by atoms with van der Waals surface area (Å²) in [4.78, 5) is 12.3. The molecule has 1 fully saturated rings. The highest BCUT2D eigenvalue weighted by Gasteiger charge is 2.28. The number of benzene rings is 1. The van der Waals surface area contributed by atoms with Gasteiger partial charge in [0.1, 0.15) is 5.58 Å². The van der Waals surface area contributed by atoms with Crippen LogP contribution in [0.15, 0.2) is 33.2 Å². The molecule has 1 aromatic carbocycles. The summed E-state index contributed by atoms with van der Waals surface area (Å²) < 4.78 is 6.57. The Morgan fingerprint density at radius 3 is 3.05 bits per heavy atom. The largest absolute Gasteiger partial charge is 0.451 e. The first-order valence-electron chi connectivity index (χ1n) is 6.87. The number of nitrogens with one attached hydrogen (secondary N) is 1. The zero-order chi connectivity index (χ0) is 14.1. The van der Waals surface area contributed by atoms with E-state index in [-0.39, 0.29) is 11.9 Å². The molecule has 2 unspecified atom stereocenters. The molecule has 0 aliphatic heterocycles. The van der Waals surface area contributed by atoms with Gasteiger partial charge in [-0.05, 0) is 49.6 Å². The van der Waals surface area contributed by atoms with Crippen LogP contribution in [0.5, 0.6) is 0 Å². The van der Waals surface area contributed by atoms with E-state index in [0.717, 1.165) is 34.7 Å². The Morgan fingerprint density at radius 1 is 1.40 bits per heavy atom. The number of hydrogen-bond donors (Lipinski definition) is 2. The highest BCUT2D eigenvalue weighted by atomic mass is 79.9. The summed E-state index contributed by atoms with van der Waals surface area (Å²) >= 11 is 3.41. The molecule has 3 N–H and O–H groups in total. The number of furan rings is 1. The molecular weight excluding hydrogens is 320 g/mol. The van der Waals surface area contributed by atoms with Crippen molar-refractivity contribution >= 4 is 32.8 Å². The van der Waals surface area contributed by atoms with E-state index in [1.165, 1.54) is 0 Å². The first-order valence-corrected chi connectivity index (χ1v) is 7.66. The Bertz CT molecular complexity index is 638. The number of amides is 1. The molecule has 5 heteroatoms. The van der Waals surface area contributed by atoms with Crippen LogP contribution in [0.4, 0.5) is 0 Å². The molecule has 4 nitrogen and oxygen atoms in total. The Balaban J connectivity index is 1.78. The van der Waals surface area contributed by atoms with Crippen LogP contribution in [-0.4, -0.2) is 18.5 Å². The fourth-order valence-electron chi connectivity index (χ4n) is 2.87. The van der Waals surface area contributed by atoms with Crippen molar-refractivity contribution in [2.24, 2.45) is 11.7 Å². The van der Waals surface area contributed by atoms with E-state index < -0.39 is 0 Å². The van der Waals surface area contributed by atoms with E-state index in [4.69, 9.17) is 10.2 Å². The van der Waals surface area contributed by atoms with E-state index in [1.807, 2.05) is 18.2 Å². The van der Waals surface area contributed by atoms with Crippen molar-refractivity contribution in [2.45, 2.75) is 25.3 Å². The van der Waals surface area contributed by atoms with Crippen LogP contribution in [0.1, 0.15) is 29.8 Å². The first-order chi connectivity index (χ1) is 9.67. The normalized spacial score (nSPS) is 22.3. The van der Waals surface area contributed by atoms with E-state index in [2.05, 4.69) is 21.2 Å². The van der Waals surface area contributed by atoms with Gasteiger partial charge in [-0.2, -0.15) is 0 Å². The van der Waals surface area contributed by atoms with Crippen molar-refractivity contribution in [3.05, 3.63) is 34.5 Å². The maximum atomic E-state index is 12.3. The van der Waals surface area contributed by atoms with Gasteiger partial charge < -0.3 is 15.5 Å². The minimum atomic E-state index is -0.150. The van der Waals surface area contributed by atoms with Gasteiger partial charge in [-0.15, -0.1) is 0 Å². The summed E-state index contributed by atoms with van der Waals surface area (Å²) in [5.74, 6) is 0.598. The number of carbonyl (C=O) groups is 1. The summed E-state index contributed by atoms with van der Waals surface area (Å²) in [5, 5.41) is 3.97. The number of rotatable bonds is 3. The van der Waals surface area contributed by atoms with Gasteiger partial charge in [-0.25, -0.2) is 0 Å². The zero-order valence-corrected chi connectivity index (χ0v) is 12.7. The third-order valence-electron chi connectivity index (χ3n) is 3.98. The predicted octanol–water partition coefficient (Wildman–Crippen LogP) is 3.05. The molecular formula is C15H17BrN2O2. The summed E-state index contributed by atoms with van der Waals surface area (Å²) in [7, 11) is 0. The number of hydrogen-bond acceptors (Lipinski definition) is 3. The van der Waals surface area contributed by atoms with Gasteiger partial charge in [0.05, 0.1) is 0 Å². The highest BCUT2D eigenvalue weighted by Crippen LogP contribution is 2.26. The van der Waals surface area contributed by atoms with Gasteiger partial charge in [0.25, 0.3) is 5.91 Å². The second-order valence-electron chi connectivity index (χ2n) is 5.30. The average Bonchev–Trinajstić information content (AvgIpc) is 3.04. The van der Waals surface area contributed by atoms with Gasteiger partial charge in [-0.3, -0.25) is 4.79 Å². The van der Waals surface area contributed by atoms with E-state index in [0.29, 0.717) is 18.2 Å². The van der Waals surface area contributed by atoms with E-state index in [1.54, 1.807) is 6.07 Å². The number of fused-ring (bicyclic) bond motifs is 1. The van der Waals surface area contributed by atoms with E-state index >= 15 is 0 Å². The maximum absolute atomic E-state index is 12.3. The minimum absolute atomic E-state index is 0.150. The number of halogens is 1. The molecule has 0 saturated heterocycles. The molecule has 1 aliphatic rings. The van der Waals surface area contributed by atoms with Crippen LogP contribution in [-0.2, 0) is 0 Å². The van der Waals surface area contributed by atoms with Gasteiger partial charge in [0.2, 0.25) is 0 Å². The monoisotopic (exact) mass is 336 g/mol. The SMILES string of the molecule is NCC1CCCC1NC(=O)c1cc2cc(Br)ccc2o1.